The number of hydrogen-bond donors (Lipinski definition) is 0. The molecule has 0 saturated heterocycles. The third-order valence-electron chi connectivity index (χ3n) is 7.64. The summed E-state index contributed by atoms with van der Waals surface area (Å²) in [6.45, 7) is 11.0. The van der Waals surface area contributed by atoms with Crippen LogP contribution in [0.4, 0.5) is 0 Å². The monoisotopic (exact) mass is 636 g/mol. The molecule has 0 amide bonds. The van der Waals surface area contributed by atoms with E-state index in [4.69, 9.17) is 0 Å². The average Bonchev–Trinajstić information content (AvgIpc) is 3.39. The number of nitrogens with zero attached hydrogens (tertiary/aromatic N) is 3. The molecular formula is C31H29IrN3. The minimum absolute atomic E-state index is 0. The Kier molecular flexibility index (Phi) is 5.78. The third kappa shape index (κ3) is 3.51. The van der Waals surface area contributed by atoms with Gasteiger partial charge in [0, 0.05) is 40.1 Å². The van der Waals surface area contributed by atoms with Gasteiger partial charge in [0.2, 0.25) is 0 Å². The molecule has 1 atom stereocenters. The summed E-state index contributed by atoms with van der Waals surface area (Å²) < 4.78 is 4.35. The molecule has 35 heavy (non-hydrogen) atoms. The minimum atomic E-state index is 0. The number of fused-ring (bicyclic) bond motifs is 6. The van der Waals surface area contributed by atoms with E-state index in [-0.39, 0.29) is 26.0 Å². The summed E-state index contributed by atoms with van der Waals surface area (Å²) in [6, 6.07) is 21.4. The maximum absolute atomic E-state index is 4.68. The first-order chi connectivity index (χ1) is 16.3. The molecule has 6 rings (SSSR count). The Balaban J connectivity index is 0.00000253. The van der Waals surface area contributed by atoms with Crippen molar-refractivity contribution >= 4 is 32.9 Å². The molecule has 3 nitrogen and oxygen atoms in total. The van der Waals surface area contributed by atoms with Gasteiger partial charge in [0.25, 0.3) is 0 Å². The van der Waals surface area contributed by atoms with Gasteiger partial charge in [-0.25, -0.2) is 4.58 Å². The first kappa shape index (κ1) is 23.7. The van der Waals surface area contributed by atoms with Gasteiger partial charge in [-0.3, -0.25) is 4.52 Å². The molecule has 0 saturated carbocycles. The second kappa shape index (κ2) is 8.55. The zero-order chi connectivity index (χ0) is 23.7. The summed E-state index contributed by atoms with van der Waals surface area (Å²) in [5, 5.41) is 8.41. The minimum Gasteiger partial charge on any atom is -0.257 e. The molecule has 1 aliphatic rings. The molecular weight excluding hydrogens is 607 g/mol. The van der Waals surface area contributed by atoms with Gasteiger partial charge in [-0.05, 0) is 66.1 Å². The van der Waals surface area contributed by atoms with E-state index < -0.39 is 0 Å². The Labute approximate surface area is 220 Å². The number of pyridine rings is 1. The van der Waals surface area contributed by atoms with Crippen molar-refractivity contribution in [1.29, 1.82) is 0 Å². The van der Waals surface area contributed by atoms with Gasteiger partial charge < -0.3 is 0 Å². The summed E-state index contributed by atoms with van der Waals surface area (Å²) >= 11 is 0. The predicted molar refractivity (Wildman–Crippen MR) is 142 cm³/mol. The van der Waals surface area contributed by atoms with Crippen LogP contribution >= 0.6 is 0 Å². The maximum atomic E-state index is 4.68. The van der Waals surface area contributed by atoms with Crippen molar-refractivity contribution in [2.24, 2.45) is 0 Å². The molecule has 177 valence electrons. The van der Waals surface area contributed by atoms with Crippen LogP contribution in [0, 0.1) is 26.8 Å². The van der Waals surface area contributed by atoms with E-state index in [1.165, 1.54) is 60.9 Å². The van der Waals surface area contributed by atoms with Gasteiger partial charge in [-0.15, -0.1) is 5.56 Å². The molecule has 5 aromatic rings. The van der Waals surface area contributed by atoms with Crippen molar-refractivity contribution in [3.8, 4) is 11.1 Å². The van der Waals surface area contributed by atoms with E-state index in [9.17, 15) is 0 Å². The fourth-order valence-corrected chi connectivity index (χ4v) is 5.94. The number of allylic oxidation sites excluding steroid dienone is 2. The van der Waals surface area contributed by atoms with Gasteiger partial charge in [0.05, 0.1) is 11.4 Å². The van der Waals surface area contributed by atoms with Crippen molar-refractivity contribution < 1.29 is 24.7 Å². The summed E-state index contributed by atoms with van der Waals surface area (Å²) in [6.07, 6.45) is 4.27. The Hall–Kier alpha value is -3.07. The molecule has 3 heterocycles. The summed E-state index contributed by atoms with van der Waals surface area (Å²) in [7, 11) is 2.16. The van der Waals surface area contributed by atoms with Crippen LogP contribution in [0.25, 0.3) is 38.3 Å². The second-order valence-corrected chi connectivity index (χ2v) is 9.81. The third-order valence-corrected chi connectivity index (χ3v) is 7.64. The van der Waals surface area contributed by atoms with Crippen LogP contribution in [-0.2, 0) is 20.1 Å². The first-order valence-corrected chi connectivity index (χ1v) is 11.9. The molecule has 1 radical (unpaired) electrons. The molecule has 1 aliphatic heterocycles. The Morgan fingerprint density at radius 1 is 0.914 bits per heavy atom. The van der Waals surface area contributed by atoms with Crippen molar-refractivity contribution in [2.45, 2.75) is 40.5 Å². The van der Waals surface area contributed by atoms with Crippen LogP contribution in [0.2, 0.25) is 0 Å². The molecule has 0 bridgehead atoms. The molecule has 3 aromatic carbocycles. The van der Waals surface area contributed by atoms with Crippen LogP contribution < -0.4 is 0 Å². The smallest absolute Gasteiger partial charge is 0.175 e. The molecule has 0 spiro atoms. The van der Waals surface area contributed by atoms with E-state index in [1.807, 2.05) is 10.7 Å². The molecule has 4 heteroatoms. The molecule has 0 N–H and O–H groups in total. The zero-order valence-corrected chi connectivity index (χ0v) is 23.4. The Bertz CT molecular complexity index is 1700. The van der Waals surface area contributed by atoms with Gasteiger partial charge in [0.15, 0.2) is 11.4 Å². The van der Waals surface area contributed by atoms with Gasteiger partial charge in [-0.2, -0.15) is 23.3 Å². The van der Waals surface area contributed by atoms with E-state index >= 15 is 0 Å². The maximum Gasteiger partial charge on any atom is 0.175 e. The van der Waals surface area contributed by atoms with E-state index in [0.29, 0.717) is 0 Å². The van der Waals surface area contributed by atoms with Crippen LogP contribution in [0.3, 0.4) is 0 Å². The summed E-state index contributed by atoms with van der Waals surface area (Å²) in [5.74, 6) is 0.241. The SMILES string of the molecule is CC1=CC(c2cc[c-]c3c2c2cc(-c4c(C)cc(C)cc4C)ccc2c2ccnn32)C(C)=[N+]1C.[Ir]. The number of rotatable bonds is 2. The van der Waals surface area contributed by atoms with Crippen LogP contribution in [-0.4, -0.2) is 26.9 Å². The van der Waals surface area contributed by atoms with Crippen LogP contribution in [0.15, 0.2) is 66.5 Å². The number of aromatic nitrogens is 2. The Morgan fingerprint density at radius 3 is 2.34 bits per heavy atom. The number of hydrogen-bond acceptors (Lipinski definition) is 1. The summed E-state index contributed by atoms with van der Waals surface area (Å²) in [4.78, 5) is 0. The van der Waals surface area contributed by atoms with Crippen molar-refractivity contribution in [3.05, 3.63) is 94.8 Å². The summed E-state index contributed by atoms with van der Waals surface area (Å²) in [5.41, 5.74) is 12.6. The van der Waals surface area contributed by atoms with Crippen LogP contribution in [0.1, 0.15) is 42.0 Å². The normalized spacial score (nSPS) is 15.8. The predicted octanol–water partition coefficient (Wildman–Crippen LogP) is 7.13. The number of aryl methyl sites for hydroxylation is 3. The number of benzene rings is 3. The Morgan fingerprint density at radius 2 is 1.66 bits per heavy atom. The van der Waals surface area contributed by atoms with Crippen molar-refractivity contribution in [3.63, 3.8) is 0 Å². The fourth-order valence-electron chi connectivity index (χ4n) is 5.94. The van der Waals surface area contributed by atoms with Crippen LogP contribution in [0.5, 0.6) is 0 Å². The van der Waals surface area contributed by atoms with Gasteiger partial charge >= 0.3 is 0 Å². The molecule has 0 fully saturated rings. The van der Waals surface area contributed by atoms with E-state index in [1.54, 1.807) is 0 Å². The second-order valence-electron chi connectivity index (χ2n) is 9.81. The van der Waals surface area contributed by atoms with E-state index in [2.05, 4.69) is 112 Å². The van der Waals surface area contributed by atoms with Gasteiger partial charge in [0.1, 0.15) is 7.05 Å². The molecule has 0 aliphatic carbocycles. The largest absolute Gasteiger partial charge is 0.257 e. The van der Waals surface area contributed by atoms with Crippen molar-refractivity contribution in [2.75, 3.05) is 7.05 Å². The van der Waals surface area contributed by atoms with Gasteiger partial charge in [-0.1, -0.05) is 46.7 Å². The average molecular weight is 636 g/mol. The van der Waals surface area contributed by atoms with Crippen molar-refractivity contribution in [1.82, 2.24) is 9.61 Å². The molecule has 1 unspecified atom stereocenters. The standard InChI is InChI=1S/C31H29N3.Ir/c1-18-14-19(2)30(20(3)15-18)23-10-11-24-27(17-23)31-25(26-16-21(4)33(6)22(26)5)8-7-9-29(31)34-28(24)12-13-32-34;/h7-8,10-17,26H,1-6H3;. The fraction of sp³-hybridized carbons (Fsp3) is 0.226. The first-order valence-electron chi connectivity index (χ1n) is 11.9. The molecule has 2 aromatic heterocycles. The zero-order valence-electron chi connectivity index (χ0n) is 21.0. The quantitative estimate of drug-likeness (QED) is 0.115. The van der Waals surface area contributed by atoms with E-state index in [0.717, 1.165) is 11.0 Å². The topological polar surface area (TPSA) is 20.3 Å².